The number of hydrogen-bond donors (Lipinski definition) is 2. The second-order valence-electron chi connectivity index (χ2n) is 7.67. The van der Waals surface area contributed by atoms with Gasteiger partial charge in [-0.05, 0) is 61.7 Å². The Bertz CT molecular complexity index is 1220. The first-order valence-electron chi connectivity index (χ1n) is 10.7. The third kappa shape index (κ3) is 7.06. The van der Waals surface area contributed by atoms with Gasteiger partial charge < -0.3 is 10.1 Å². The first-order valence-corrected chi connectivity index (χ1v) is 13.4. The van der Waals surface area contributed by atoms with Crippen molar-refractivity contribution >= 4 is 43.5 Å². The van der Waals surface area contributed by atoms with Crippen molar-refractivity contribution in [2.75, 3.05) is 6.61 Å². The minimum atomic E-state index is -4.04. The predicted octanol–water partition coefficient (Wildman–Crippen LogP) is 5.27. The number of halogens is 2. The highest BCUT2D eigenvalue weighted by molar-refractivity contribution is 9.10. The summed E-state index contributed by atoms with van der Waals surface area (Å²) in [5.41, 5.74) is 1.72. The summed E-state index contributed by atoms with van der Waals surface area (Å²) < 4.78 is 35.2. The van der Waals surface area contributed by atoms with E-state index in [0.29, 0.717) is 12.4 Å². The Morgan fingerprint density at radius 2 is 1.74 bits per heavy atom. The van der Waals surface area contributed by atoms with Crippen molar-refractivity contribution in [3.05, 3.63) is 93.4 Å². The van der Waals surface area contributed by atoms with E-state index in [2.05, 4.69) is 26.0 Å². The van der Waals surface area contributed by atoms with Crippen LogP contribution in [0, 0.1) is 0 Å². The number of rotatable bonds is 10. The van der Waals surface area contributed by atoms with Gasteiger partial charge in [0.1, 0.15) is 11.8 Å². The predicted molar refractivity (Wildman–Crippen MR) is 138 cm³/mol. The Kier molecular flexibility index (Phi) is 9.13. The second-order valence-corrected chi connectivity index (χ2v) is 10.7. The molecule has 0 saturated heterocycles. The lowest BCUT2D eigenvalue weighted by molar-refractivity contribution is -0.123. The Morgan fingerprint density at radius 1 is 1.06 bits per heavy atom. The second kappa shape index (κ2) is 11.8. The normalized spacial score (nSPS) is 13.2. The maximum Gasteiger partial charge on any atom is 0.241 e. The van der Waals surface area contributed by atoms with Crippen LogP contribution in [0.4, 0.5) is 0 Å². The standard InChI is InChI=1S/C25H26BrClN2O4S/c1-3-33-24-14-13-21(16-22(24)27)34(31,32)29-23(15-18-7-5-4-6-8-18)25(30)28-17(2)19-9-11-20(26)12-10-19/h4-14,16-17,23,29H,3,15H2,1-2H3,(H,28,30). The van der Waals surface area contributed by atoms with Gasteiger partial charge in [0.25, 0.3) is 0 Å². The van der Waals surface area contributed by atoms with Crippen LogP contribution in [0.1, 0.15) is 31.0 Å². The van der Waals surface area contributed by atoms with Crippen molar-refractivity contribution in [3.63, 3.8) is 0 Å². The van der Waals surface area contributed by atoms with Gasteiger partial charge in [0.05, 0.1) is 22.6 Å². The molecule has 180 valence electrons. The van der Waals surface area contributed by atoms with Crippen LogP contribution < -0.4 is 14.8 Å². The molecule has 0 radical (unpaired) electrons. The molecule has 2 N–H and O–H groups in total. The number of benzene rings is 3. The molecule has 0 saturated carbocycles. The van der Waals surface area contributed by atoms with Crippen molar-refractivity contribution in [2.24, 2.45) is 0 Å². The fourth-order valence-electron chi connectivity index (χ4n) is 3.36. The maximum absolute atomic E-state index is 13.2. The summed E-state index contributed by atoms with van der Waals surface area (Å²) in [7, 11) is -4.04. The number of ether oxygens (including phenoxy) is 1. The van der Waals surface area contributed by atoms with Crippen LogP contribution >= 0.6 is 27.5 Å². The highest BCUT2D eigenvalue weighted by Crippen LogP contribution is 2.27. The Balaban J connectivity index is 1.84. The molecular weight excluding hydrogens is 540 g/mol. The summed E-state index contributed by atoms with van der Waals surface area (Å²) in [5, 5.41) is 3.10. The molecule has 34 heavy (non-hydrogen) atoms. The van der Waals surface area contributed by atoms with Gasteiger partial charge in [-0.25, -0.2) is 8.42 Å². The maximum atomic E-state index is 13.2. The van der Waals surface area contributed by atoms with Crippen molar-refractivity contribution in [1.82, 2.24) is 10.0 Å². The molecular formula is C25H26BrClN2O4S. The lowest BCUT2D eigenvalue weighted by atomic mass is 10.0. The van der Waals surface area contributed by atoms with Gasteiger partial charge >= 0.3 is 0 Å². The van der Waals surface area contributed by atoms with Gasteiger partial charge in [-0.15, -0.1) is 0 Å². The molecule has 0 aromatic heterocycles. The average molecular weight is 566 g/mol. The largest absolute Gasteiger partial charge is 0.492 e. The molecule has 0 bridgehead atoms. The molecule has 9 heteroatoms. The topological polar surface area (TPSA) is 84.5 Å². The zero-order chi connectivity index (χ0) is 24.7. The molecule has 3 aromatic carbocycles. The van der Waals surface area contributed by atoms with Crippen LogP contribution in [0.5, 0.6) is 5.75 Å². The van der Waals surface area contributed by atoms with Crippen molar-refractivity contribution in [3.8, 4) is 5.75 Å². The summed E-state index contributed by atoms with van der Waals surface area (Å²) in [6.45, 7) is 4.06. The third-order valence-corrected chi connectivity index (χ3v) is 7.43. The summed E-state index contributed by atoms with van der Waals surface area (Å²) in [6.07, 6.45) is 0.184. The zero-order valence-electron chi connectivity index (χ0n) is 18.8. The van der Waals surface area contributed by atoms with E-state index in [1.807, 2.05) is 68.4 Å². The quantitative estimate of drug-likeness (QED) is 0.351. The first kappa shape index (κ1) is 26.2. The number of nitrogens with one attached hydrogen (secondary N) is 2. The minimum absolute atomic E-state index is 0.0484. The summed E-state index contributed by atoms with van der Waals surface area (Å²) in [6, 6.07) is 19.7. The number of hydrogen-bond acceptors (Lipinski definition) is 4. The lowest BCUT2D eigenvalue weighted by Gasteiger charge is -2.22. The summed E-state index contributed by atoms with van der Waals surface area (Å²) in [4.78, 5) is 13.2. The number of amides is 1. The molecule has 2 unspecified atom stereocenters. The lowest BCUT2D eigenvalue weighted by Crippen LogP contribution is -2.48. The van der Waals surface area contributed by atoms with Crippen LogP contribution in [0.15, 0.2) is 82.2 Å². The van der Waals surface area contributed by atoms with Gasteiger partial charge in [0, 0.05) is 4.47 Å². The summed E-state index contributed by atoms with van der Waals surface area (Å²) >= 11 is 9.59. The van der Waals surface area contributed by atoms with Crippen LogP contribution in [-0.2, 0) is 21.2 Å². The summed E-state index contributed by atoms with van der Waals surface area (Å²) in [5.74, 6) is -0.0371. The molecule has 0 fully saturated rings. The molecule has 0 heterocycles. The molecule has 0 aliphatic rings. The molecule has 6 nitrogen and oxygen atoms in total. The van der Waals surface area contributed by atoms with E-state index in [1.165, 1.54) is 18.2 Å². The Labute approximate surface area is 213 Å². The SMILES string of the molecule is CCOc1ccc(S(=O)(=O)NC(Cc2ccccc2)C(=O)NC(C)c2ccc(Br)cc2)cc1Cl. The highest BCUT2D eigenvalue weighted by atomic mass is 79.9. The highest BCUT2D eigenvalue weighted by Gasteiger charge is 2.27. The molecule has 1 amide bonds. The Hall–Kier alpha value is -2.39. The zero-order valence-corrected chi connectivity index (χ0v) is 22.0. The van der Waals surface area contributed by atoms with E-state index in [0.717, 1.165) is 15.6 Å². The smallest absolute Gasteiger partial charge is 0.241 e. The van der Waals surface area contributed by atoms with Crippen molar-refractivity contribution < 1.29 is 17.9 Å². The monoisotopic (exact) mass is 564 g/mol. The third-order valence-electron chi connectivity index (χ3n) is 5.14. The van der Waals surface area contributed by atoms with E-state index >= 15 is 0 Å². The van der Waals surface area contributed by atoms with Crippen LogP contribution in [0.3, 0.4) is 0 Å². The van der Waals surface area contributed by atoms with Gasteiger partial charge in [0.15, 0.2) is 0 Å². The van der Waals surface area contributed by atoms with Crippen molar-refractivity contribution in [1.29, 1.82) is 0 Å². The van der Waals surface area contributed by atoms with Gasteiger partial charge in [0.2, 0.25) is 15.9 Å². The van der Waals surface area contributed by atoms with E-state index in [1.54, 1.807) is 0 Å². The van der Waals surface area contributed by atoms with E-state index in [4.69, 9.17) is 16.3 Å². The molecule has 0 spiro atoms. The van der Waals surface area contributed by atoms with Crippen LogP contribution in [0.2, 0.25) is 5.02 Å². The van der Waals surface area contributed by atoms with Gasteiger partial charge in [-0.2, -0.15) is 4.72 Å². The molecule has 2 atom stereocenters. The fraction of sp³-hybridized carbons (Fsp3) is 0.240. The molecule has 0 aliphatic heterocycles. The average Bonchev–Trinajstić information content (AvgIpc) is 2.81. The van der Waals surface area contributed by atoms with Gasteiger partial charge in [-0.3, -0.25) is 4.79 Å². The van der Waals surface area contributed by atoms with E-state index < -0.39 is 22.0 Å². The van der Waals surface area contributed by atoms with E-state index in [-0.39, 0.29) is 22.4 Å². The molecule has 3 rings (SSSR count). The fourth-order valence-corrected chi connectivity index (χ4v) is 5.15. The number of sulfonamides is 1. The van der Waals surface area contributed by atoms with Crippen LogP contribution in [0.25, 0.3) is 0 Å². The Morgan fingerprint density at radius 3 is 2.35 bits per heavy atom. The molecule has 0 aliphatic carbocycles. The van der Waals surface area contributed by atoms with Crippen LogP contribution in [-0.4, -0.2) is 27.0 Å². The van der Waals surface area contributed by atoms with E-state index in [9.17, 15) is 13.2 Å². The molecule has 3 aromatic rings. The first-order chi connectivity index (χ1) is 16.2. The number of carbonyl (C=O) groups excluding carboxylic acids is 1. The minimum Gasteiger partial charge on any atom is -0.492 e. The number of carbonyl (C=O) groups is 1. The van der Waals surface area contributed by atoms with Crippen molar-refractivity contribution in [2.45, 2.75) is 37.2 Å². The van der Waals surface area contributed by atoms with Gasteiger partial charge in [-0.1, -0.05) is 70.0 Å².